The summed E-state index contributed by atoms with van der Waals surface area (Å²) in [5.41, 5.74) is -0.778. The number of aromatic nitrogens is 1. The number of aryl methyl sites for hydroxylation is 1. The monoisotopic (exact) mass is 335 g/mol. The van der Waals surface area contributed by atoms with Crippen molar-refractivity contribution in [3.05, 3.63) is 29.6 Å². The van der Waals surface area contributed by atoms with E-state index in [0.29, 0.717) is 44.8 Å². The summed E-state index contributed by atoms with van der Waals surface area (Å²) in [5.74, 6) is -0.802. The van der Waals surface area contributed by atoms with E-state index in [9.17, 15) is 9.59 Å². The molecular weight excluding hydrogens is 313 g/mol. The normalized spacial score (nSPS) is 24.8. The number of rotatable bonds is 2. The molecule has 0 bridgehead atoms. The quantitative estimate of drug-likeness (QED) is 0.815. The van der Waals surface area contributed by atoms with Crippen molar-refractivity contribution in [3.63, 3.8) is 0 Å². The SMILES string of the molecule is Cc1ccc(C(=O)N2CCCC(F)(C(=O)N3CCOCC3)C2)cn1. The number of carbonyl (C=O) groups excluding carboxylic acids is 2. The van der Waals surface area contributed by atoms with Crippen LogP contribution in [0.25, 0.3) is 0 Å². The van der Waals surface area contributed by atoms with E-state index in [1.54, 1.807) is 12.1 Å². The number of pyridine rings is 1. The van der Waals surface area contributed by atoms with E-state index in [-0.39, 0.29) is 18.9 Å². The van der Waals surface area contributed by atoms with Gasteiger partial charge in [0.2, 0.25) is 5.67 Å². The number of morpholine rings is 1. The Labute approximate surface area is 140 Å². The second-order valence-electron chi connectivity index (χ2n) is 6.39. The zero-order valence-electron chi connectivity index (χ0n) is 13.8. The fraction of sp³-hybridized carbons (Fsp3) is 0.588. The Morgan fingerprint density at radius 3 is 2.62 bits per heavy atom. The maximum atomic E-state index is 15.3. The minimum atomic E-state index is -2.01. The van der Waals surface area contributed by atoms with Gasteiger partial charge in [-0.15, -0.1) is 0 Å². The molecule has 0 radical (unpaired) electrons. The van der Waals surface area contributed by atoms with E-state index < -0.39 is 11.6 Å². The van der Waals surface area contributed by atoms with Crippen molar-refractivity contribution in [2.45, 2.75) is 25.4 Å². The third-order valence-electron chi connectivity index (χ3n) is 4.57. The second-order valence-corrected chi connectivity index (χ2v) is 6.39. The van der Waals surface area contributed by atoms with Crippen molar-refractivity contribution < 1.29 is 18.7 Å². The van der Waals surface area contributed by atoms with E-state index in [0.717, 1.165) is 5.69 Å². The van der Waals surface area contributed by atoms with Gasteiger partial charge in [0.25, 0.3) is 11.8 Å². The Morgan fingerprint density at radius 1 is 1.21 bits per heavy atom. The number of ether oxygens (including phenoxy) is 1. The molecule has 2 aliphatic rings. The largest absolute Gasteiger partial charge is 0.378 e. The number of amides is 2. The summed E-state index contributed by atoms with van der Waals surface area (Å²) in [6.45, 7) is 3.76. The molecule has 1 aromatic heterocycles. The third-order valence-corrected chi connectivity index (χ3v) is 4.57. The van der Waals surface area contributed by atoms with Gasteiger partial charge in [-0.05, 0) is 31.9 Å². The second kappa shape index (κ2) is 6.84. The lowest BCUT2D eigenvalue weighted by Crippen LogP contribution is -2.58. The molecule has 0 spiro atoms. The highest BCUT2D eigenvalue weighted by molar-refractivity contribution is 5.95. The van der Waals surface area contributed by atoms with Gasteiger partial charge in [-0.2, -0.15) is 0 Å². The van der Waals surface area contributed by atoms with E-state index in [1.807, 2.05) is 6.92 Å². The highest BCUT2D eigenvalue weighted by atomic mass is 19.1. The standard InChI is InChI=1S/C17H22FN3O3/c1-13-3-4-14(11-19-13)15(22)21-6-2-5-17(18,12-21)16(23)20-7-9-24-10-8-20/h3-4,11H,2,5-10,12H2,1H3. The number of carbonyl (C=O) groups is 2. The van der Waals surface area contributed by atoms with Crippen LogP contribution in [0.15, 0.2) is 18.3 Å². The number of nitrogens with zero attached hydrogens (tertiary/aromatic N) is 3. The number of piperidine rings is 1. The summed E-state index contributed by atoms with van der Waals surface area (Å²) < 4.78 is 20.5. The first kappa shape index (κ1) is 16.8. The zero-order valence-corrected chi connectivity index (χ0v) is 13.8. The molecule has 130 valence electrons. The van der Waals surface area contributed by atoms with Gasteiger partial charge in [0.05, 0.1) is 25.3 Å². The van der Waals surface area contributed by atoms with E-state index >= 15 is 4.39 Å². The van der Waals surface area contributed by atoms with Crippen LogP contribution >= 0.6 is 0 Å². The average Bonchev–Trinajstić information content (AvgIpc) is 2.62. The van der Waals surface area contributed by atoms with E-state index in [1.165, 1.54) is 16.0 Å². The molecule has 1 atom stereocenters. The molecule has 2 amide bonds. The Morgan fingerprint density at radius 2 is 1.96 bits per heavy atom. The molecule has 2 fully saturated rings. The van der Waals surface area contributed by atoms with Crippen LogP contribution in [0.5, 0.6) is 0 Å². The lowest BCUT2D eigenvalue weighted by atomic mass is 9.92. The maximum Gasteiger partial charge on any atom is 0.262 e. The van der Waals surface area contributed by atoms with Gasteiger partial charge in [-0.1, -0.05) is 0 Å². The fourth-order valence-electron chi connectivity index (χ4n) is 3.19. The molecule has 1 aromatic rings. The smallest absolute Gasteiger partial charge is 0.262 e. The molecule has 24 heavy (non-hydrogen) atoms. The highest BCUT2D eigenvalue weighted by Crippen LogP contribution is 2.29. The predicted octanol–water partition coefficient (Wildman–Crippen LogP) is 1.19. The molecule has 1 unspecified atom stereocenters. The van der Waals surface area contributed by atoms with E-state index in [2.05, 4.69) is 4.98 Å². The first-order valence-corrected chi connectivity index (χ1v) is 8.27. The molecular formula is C17H22FN3O3. The first-order chi connectivity index (χ1) is 11.5. The Kier molecular flexibility index (Phi) is 4.80. The van der Waals surface area contributed by atoms with Gasteiger partial charge >= 0.3 is 0 Å². The fourth-order valence-corrected chi connectivity index (χ4v) is 3.19. The lowest BCUT2D eigenvalue weighted by molar-refractivity contribution is -0.151. The molecule has 0 aromatic carbocycles. The molecule has 3 rings (SSSR count). The van der Waals surface area contributed by atoms with Gasteiger partial charge in [0.1, 0.15) is 0 Å². The summed E-state index contributed by atoms with van der Waals surface area (Å²) in [5, 5.41) is 0. The highest BCUT2D eigenvalue weighted by Gasteiger charge is 2.46. The Balaban J connectivity index is 1.71. The van der Waals surface area contributed by atoms with Gasteiger partial charge in [-0.3, -0.25) is 14.6 Å². The van der Waals surface area contributed by atoms with Crippen molar-refractivity contribution in [2.24, 2.45) is 0 Å². The molecule has 0 saturated carbocycles. The van der Waals surface area contributed by atoms with E-state index in [4.69, 9.17) is 4.74 Å². The summed E-state index contributed by atoms with van der Waals surface area (Å²) in [4.78, 5) is 32.2. The Bertz CT molecular complexity index is 616. The van der Waals surface area contributed by atoms with Gasteiger partial charge in [0.15, 0.2) is 0 Å². The third kappa shape index (κ3) is 3.40. The molecule has 3 heterocycles. The number of halogens is 1. The molecule has 0 aliphatic carbocycles. The van der Waals surface area contributed by atoms with Crippen LogP contribution in [0.3, 0.4) is 0 Å². The van der Waals surface area contributed by atoms with Crippen LogP contribution in [0.2, 0.25) is 0 Å². The van der Waals surface area contributed by atoms with Crippen LogP contribution in [0, 0.1) is 6.92 Å². The van der Waals surface area contributed by atoms with Crippen LogP contribution in [-0.4, -0.2) is 71.7 Å². The predicted molar refractivity (Wildman–Crippen MR) is 85.3 cm³/mol. The zero-order chi connectivity index (χ0) is 17.2. The number of hydrogen-bond acceptors (Lipinski definition) is 4. The number of hydrogen-bond donors (Lipinski definition) is 0. The van der Waals surface area contributed by atoms with Crippen molar-refractivity contribution in [1.29, 1.82) is 0 Å². The summed E-state index contributed by atoms with van der Waals surface area (Å²) in [7, 11) is 0. The molecule has 2 saturated heterocycles. The molecule has 0 N–H and O–H groups in total. The molecule has 2 aliphatic heterocycles. The van der Waals surface area contributed by atoms with Crippen LogP contribution in [0.1, 0.15) is 28.9 Å². The van der Waals surface area contributed by atoms with Gasteiger partial charge in [0, 0.05) is 31.5 Å². The topological polar surface area (TPSA) is 62.7 Å². The van der Waals surface area contributed by atoms with Crippen LogP contribution < -0.4 is 0 Å². The van der Waals surface area contributed by atoms with Crippen molar-refractivity contribution >= 4 is 11.8 Å². The Hall–Kier alpha value is -2.02. The van der Waals surface area contributed by atoms with Crippen molar-refractivity contribution in [1.82, 2.24) is 14.8 Å². The van der Waals surface area contributed by atoms with Crippen LogP contribution in [0.4, 0.5) is 4.39 Å². The van der Waals surface area contributed by atoms with Crippen LogP contribution in [-0.2, 0) is 9.53 Å². The minimum Gasteiger partial charge on any atom is -0.378 e. The maximum absolute atomic E-state index is 15.3. The lowest BCUT2D eigenvalue weighted by Gasteiger charge is -2.40. The van der Waals surface area contributed by atoms with Crippen molar-refractivity contribution in [3.8, 4) is 0 Å². The molecule has 7 heteroatoms. The minimum absolute atomic E-state index is 0.152. The summed E-state index contributed by atoms with van der Waals surface area (Å²) in [6, 6.07) is 3.43. The van der Waals surface area contributed by atoms with Gasteiger partial charge in [-0.25, -0.2) is 4.39 Å². The summed E-state index contributed by atoms with van der Waals surface area (Å²) >= 11 is 0. The molecule has 6 nitrogen and oxygen atoms in total. The van der Waals surface area contributed by atoms with Gasteiger partial charge < -0.3 is 14.5 Å². The summed E-state index contributed by atoms with van der Waals surface area (Å²) in [6.07, 6.45) is 2.12. The first-order valence-electron chi connectivity index (χ1n) is 8.27. The number of likely N-dealkylation sites (tertiary alicyclic amines) is 1. The number of alkyl halides is 1. The van der Waals surface area contributed by atoms with Crippen molar-refractivity contribution in [2.75, 3.05) is 39.4 Å². The average molecular weight is 335 g/mol.